The van der Waals surface area contributed by atoms with Crippen molar-refractivity contribution < 1.29 is 0 Å². The lowest BCUT2D eigenvalue weighted by Crippen LogP contribution is -2.09. The Balaban J connectivity index is -0.0000000800. The Morgan fingerprint density at radius 2 is 1.44 bits per heavy atom. The molecular weight excluding hydrogens is 131 g/mol. The molecule has 0 bridgehead atoms. The van der Waals surface area contributed by atoms with E-state index in [2.05, 4.69) is 19.2 Å². The first-order valence-electron chi connectivity index (χ1n) is 2.57. The Labute approximate surface area is 66.2 Å². The average Bonchev–Trinajstić information content (AvgIpc) is 1.71. The number of nitrogens with one attached hydrogen (secondary N) is 3. The van der Waals surface area contributed by atoms with Gasteiger partial charge in [-0.25, -0.2) is 0 Å². The summed E-state index contributed by atoms with van der Waals surface area (Å²) >= 11 is 0. The number of rotatable bonds is 2. The van der Waals surface area contributed by atoms with E-state index in [1.807, 2.05) is 4.91 Å². The zero-order valence-corrected chi connectivity index (χ0v) is 5.36. The van der Waals surface area contributed by atoms with Crippen LogP contribution >= 0.6 is 0 Å². The normalized spacial score (nSPS) is 5.56. The van der Waals surface area contributed by atoms with Crippen molar-refractivity contribution >= 4 is 17.4 Å². The van der Waals surface area contributed by atoms with Gasteiger partial charge in [0, 0.05) is 0 Å². The van der Waals surface area contributed by atoms with Crippen molar-refractivity contribution in [2.24, 2.45) is 0 Å². The predicted octanol–water partition coefficient (Wildman–Crippen LogP) is -0.453. The quantitative estimate of drug-likeness (QED) is 0.276. The molecule has 0 spiro atoms. The van der Waals surface area contributed by atoms with Crippen LogP contribution in [0.3, 0.4) is 0 Å². The smallest absolute Gasteiger partial charge is 0.211 e. The number of nitrogens with zero attached hydrogens (tertiary/aromatic N) is 1. The second kappa shape index (κ2) is 25.0. The SMILES string of the molecule is CCNCC.N=[N+]=N.[AlH3]. The number of hydrogen-bond acceptors (Lipinski definition) is 3. The highest BCUT2D eigenvalue weighted by Gasteiger charge is 1.62. The molecule has 0 aliphatic rings. The summed E-state index contributed by atoms with van der Waals surface area (Å²) in [5, 5.41) is 3.11. The van der Waals surface area contributed by atoms with E-state index in [0.29, 0.717) is 0 Å². The molecule has 0 unspecified atom stereocenters. The first-order chi connectivity index (χ1) is 3.83. The highest BCUT2D eigenvalue weighted by atomic mass is 27.0. The molecule has 5 heteroatoms. The van der Waals surface area contributed by atoms with Crippen LogP contribution in [0.1, 0.15) is 13.8 Å². The summed E-state index contributed by atoms with van der Waals surface area (Å²) in [6.07, 6.45) is 0. The van der Waals surface area contributed by atoms with Gasteiger partial charge in [-0.1, -0.05) is 13.8 Å². The van der Waals surface area contributed by atoms with Gasteiger partial charge in [-0.3, -0.25) is 0 Å². The molecule has 4 nitrogen and oxygen atoms in total. The molecule has 0 atom stereocenters. The fraction of sp³-hybridized carbons (Fsp3) is 1.00. The van der Waals surface area contributed by atoms with Crippen molar-refractivity contribution in [2.45, 2.75) is 13.8 Å². The molecule has 0 radical (unpaired) electrons. The third kappa shape index (κ3) is 80.9. The van der Waals surface area contributed by atoms with Crippen LogP contribution in [0.15, 0.2) is 0 Å². The van der Waals surface area contributed by atoms with Gasteiger partial charge in [-0.05, 0) is 13.1 Å². The van der Waals surface area contributed by atoms with Crippen molar-refractivity contribution in [1.82, 2.24) is 10.2 Å². The van der Waals surface area contributed by atoms with Gasteiger partial charge in [0.25, 0.3) is 0 Å². The first-order valence-corrected chi connectivity index (χ1v) is 2.57. The second-order valence-corrected chi connectivity index (χ2v) is 1.07. The molecule has 0 aliphatic heterocycles. The second-order valence-electron chi connectivity index (χ2n) is 1.07. The van der Waals surface area contributed by atoms with E-state index in [4.69, 9.17) is 11.1 Å². The van der Waals surface area contributed by atoms with E-state index in [1.165, 1.54) is 0 Å². The molecule has 9 heavy (non-hydrogen) atoms. The van der Waals surface area contributed by atoms with Gasteiger partial charge in [0.1, 0.15) is 11.1 Å². The van der Waals surface area contributed by atoms with Crippen molar-refractivity contribution in [2.75, 3.05) is 13.1 Å². The van der Waals surface area contributed by atoms with Gasteiger partial charge in [-0.15, -0.1) is 0 Å². The molecule has 0 saturated heterocycles. The van der Waals surface area contributed by atoms with Crippen LogP contribution in [0.2, 0.25) is 0 Å². The summed E-state index contributed by atoms with van der Waals surface area (Å²) in [6, 6.07) is 0. The van der Waals surface area contributed by atoms with E-state index in [-0.39, 0.29) is 17.4 Å². The highest BCUT2D eigenvalue weighted by molar-refractivity contribution is 5.75. The van der Waals surface area contributed by atoms with E-state index in [9.17, 15) is 0 Å². The Morgan fingerprint density at radius 3 is 1.44 bits per heavy atom. The molecule has 0 aromatic carbocycles. The zero-order valence-electron chi connectivity index (χ0n) is 5.36. The van der Waals surface area contributed by atoms with Gasteiger partial charge < -0.3 is 5.32 Å². The minimum atomic E-state index is 0. The molecule has 0 rings (SSSR count). The Kier molecular flexibility index (Phi) is 44.2. The first kappa shape index (κ1) is 15.9. The summed E-state index contributed by atoms with van der Waals surface area (Å²) in [4.78, 5) is 2.00. The predicted molar refractivity (Wildman–Crippen MR) is 41.7 cm³/mol. The molecule has 0 aliphatic carbocycles. The summed E-state index contributed by atoms with van der Waals surface area (Å²) in [5.74, 6) is 0. The Bertz CT molecular complexity index is 57.6. The van der Waals surface area contributed by atoms with Crippen LogP contribution in [-0.2, 0) is 0 Å². The lowest BCUT2D eigenvalue weighted by atomic mass is 10.7. The summed E-state index contributed by atoms with van der Waals surface area (Å²) < 4.78 is 0. The van der Waals surface area contributed by atoms with Crippen molar-refractivity contribution in [3.63, 3.8) is 0 Å². The third-order valence-corrected chi connectivity index (χ3v) is 0.500. The van der Waals surface area contributed by atoms with Gasteiger partial charge in [0.15, 0.2) is 17.4 Å². The fourth-order valence-corrected chi connectivity index (χ4v) is 0.250. The van der Waals surface area contributed by atoms with Crippen LogP contribution < -0.4 is 10.2 Å². The fourth-order valence-electron chi connectivity index (χ4n) is 0.250. The molecule has 0 aromatic heterocycles. The van der Waals surface area contributed by atoms with Crippen LogP contribution in [0, 0.1) is 11.1 Å². The largest absolute Gasteiger partial charge is 0.317 e. The van der Waals surface area contributed by atoms with E-state index >= 15 is 0 Å². The average molecular weight is 147 g/mol. The molecule has 0 heterocycles. The summed E-state index contributed by atoms with van der Waals surface area (Å²) in [6.45, 7) is 6.39. The van der Waals surface area contributed by atoms with Gasteiger partial charge in [0.2, 0.25) is 4.91 Å². The van der Waals surface area contributed by atoms with E-state index in [0.717, 1.165) is 13.1 Å². The minimum Gasteiger partial charge on any atom is -0.317 e. The lowest BCUT2D eigenvalue weighted by molar-refractivity contribution is 0.762. The van der Waals surface area contributed by atoms with Crippen LogP contribution in [0.4, 0.5) is 0 Å². The van der Waals surface area contributed by atoms with Crippen molar-refractivity contribution in [3.05, 3.63) is 0 Å². The molecule has 0 saturated carbocycles. The molecule has 3 N–H and O–H groups in total. The van der Waals surface area contributed by atoms with Crippen LogP contribution in [-0.4, -0.2) is 30.5 Å². The van der Waals surface area contributed by atoms with Crippen LogP contribution in [0.5, 0.6) is 0 Å². The lowest BCUT2D eigenvalue weighted by Gasteiger charge is -1.86. The third-order valence-electron chi connectivity index (χ3n) is 0.500. The van der Waals surface area contributed by atoms with Crippen molar-refractivity contribution in [1.29, 1.82) is 11.1 Å². The topological polar surface area (TPSA) is 73.8 Å². The maximum Gasteiger partial charge on any atom is 0.211 e. The molecular formula is C4H16AlN4+. The Hall–Kier alpha value is -0.198. The monoisotopic (exact) mass is 147 g/mol. The Morgan fingerprint density at radius 1 is 1.22 bits per heavy atom. The summed E-state index contributed by atoms with van der Waals surface area (Å²) in [7, 11) is 0. The standard InChI is InChI=1S/C4H11N.Al.H2N3.3H/c1-3-5-4-2;;1-3-2;;;/h5H,3-4H2,1-2H3;;1-2H;;;/q;;+1;;;. The van der Waals surface area contributed by atoms with E-state index < -0.39 is 0 Å². The minimum absolute atomic E-state index is 0. The van der Waals surface area contributed by atoms with Gasteiger partial charge >= 0.3 is 0 Å². The zero-order chi connectivity index (χ0) is 6.83. The van der Waals surface area contributed by atoms with Crippen LogP contribution in [0.25, 0.3) is 0 Å². The molecule has 0 amide bonds. The highest BCUT2D eigenvalue weighted by Crippen LogP contribution is 1.47. The maximum atomic E-state index is 5.50. The van der Waals surface area contributed by atoms with Crippen molar-refractivity contribution in [3.8, 4) is 0 Å². The number of hydrogen-bond donors (Lipinski definition) is 3. The van der Waals surface area contributed by atoms with Gasteiger partial charge in [-0.2, -0.15) is 0 Å². The molecule has 0 aromatic rings. The maximum absolute atomic E-state index is 5.50. The molecule has 0 fully saturated rings. The van der Waals surface area contributed by atoms with Gasteiger partial charge in [0.05, 0.1) is 0 Å². The van der Waals surface area contributed by atoms with E-state index in [1.54, 1.807) is 0 Å². The summed E-state index contributed by atoms with van der Waals surface area (Å²) in [5.41, 5.74) is 11.0. The molecule has 54 valence electrons.